The molecule has 3 nitrogen and oxygen atoms in total. The van der Waals surface area contributed by atoms with Crippen LogP contribution in [0.4, 0.5) is 27.6 Å². The molecule has 0 N–H and O–H groups in total. The molecule has 0 atom stereocenters. The fraction of sp³-hybridized carbons (Fsp3) is 0.364. The lowest BCUT2D eigenvalue weighted by Crippen LogP contribution is -2.32. The molecule has 19 heavy (non-hydrogen) atoms. The average molecular weight is 283 g/mol. The van der Waals surface area contributed by atoms with Gasteiger partial charge in [-0.1, -0.05) is 0 Å². The van der Waals surface area contributed by atoms with Gasteiger partial charge >= 0.3 is 5.97 Å². The molecular formula is C11H10F5NO2. The van der Waals surface area contributed by atoms with E-state index in [0.29, 0.717) is 4.90 Å². The molecule has 0 aliphatic carbocycles. The Kier molecular flexibility index (Phi) is 4.68. The van der Waals surface area contributed by atoms with Crippen molar-refractivity contribution in [2.24, 2.45) is 0 Å². The Labute approximate surface area is 105 Å². The highest BCUT2D eigenvalue weighted by atomic mass is 19.2. The fourth-order valence-corrected chi connectivity index (χ4v) is 1.44. The molecule has 0 aliphatic heterocycles. The van der Waals surface area contributed by atoms with E-state index in [1.807, 2.05) is 0 Å². The van der Waals surface area contributed by atoms with E-state index in [4.69, 9.17) is 0 Å². The van der Waals surface area contributed by atoms with Gasteiger partial charge in [0.1, 0.15) is 12.2 Å². The van der Waals surface area contributed by atoms with Crippen molar-refractivity contribution in [3.63, 3.8) is 0 Å². The Bertz CT molecular complexity index is 477. The number of carbonyl (C=O) groups excluding carboxylic acids is 1. The van der Waals surface area contributed by atoms with Crippen LogP contribution in [0.25, 0.3) is 0 Å². The van der Waals surface area contributed by atoms with Gasteiger partial charge < -0.3 is 9.64 Å². The van der Waals surface area contributed by atoms with Gasteiger partial charge in [-0.05, 0) is 6.92 Å². The summed E-state index contributed by atoms with van der Waals surface area (Å²) >= 11 is 0. The van der Waals surface area contributed by atoms with Crippen LogP contribution in [0.1, 0.15) is 6.92 Å². The molecule has 0 saturated heterocycles. The van der Waals surface area contributed by atoms with Gasteiger partial charge in [0.15, 0.2) is 23.3 Å². The first-order chi connectivity index (χ1) is 8.84. The van der Waals surface area contributed by atoms with Crippen molar-refractivity contribution in [3.05, 3.63) is 29.1 Å². The van der Waals surface area contributed by atoms with Crippen molar-refractivity contribution in [2.45, 2.75) is 6.92 Å². The topological polar surface area (TPSA) is 29.5 Å². The molecule has 0 unspecified atom stereocenters. The molecule has 0 bridgehead atoms. The Morgan fingerprint density at radius 3 is 1.79 bits per heavy atom. The standard InChI is InChI=1S/C11H10F5NO2/c1-3-17(4-5(18)19-2)11-9(15)7(13)6(12)8(14)10(11)16/h3-4H2,1-2H3. The van der Waals surface area contributed by atoms with E-state index in [-0.39, 0.29) is 6.54 Å². The molecule has 0 aromatic heterocycles. The number of methoxy groups -OCH3 is 1. The van der Waals surface area contributed by atoms with Crippen LogP contribution in [0.3, 0.4) is 0 Å². The highest BCUT2D eigenvalue weighted by Gasteiger charge is 2.29. The van der Waals surface area contributed by atoms with Gasteiger partial charge in [0.25, 0.3) is 0 Å². The number of anilines is 1. The van der Waals surface area contributed by atoms with E-state index >= 15 is 0 Å². The van der Waals surface area contributed by atoms with E-state index < -0.39 is 47.3 Å². The number of likely N-dealkylation sites (N-methyl/N-ethyl adjacent to an activating group) is 1. The first kappa shape index (κ1) is 15.2. The Balaban J connectivity index is 3.35. The summed E-state index contributed by atoms with van der Waals surface area (Å²) < 4.78 is 70.1. The highest BCUT2D eigenvalue weighted by Crippen LogP contribution is 2.30. The van der Waals surface area contributed by atoms with Crippen LogP contribution >= 0.6 is 0 Å². The molecule has 0 heterocycles. The lowest BCUT2D eigenvalue weighted by molar-refractivity contribution is -0.138. The number of halogens is 5. The molecule has 0 aliphatic rings. The Hall–Kier alpha value is -1.86. The molecular weight excluding hydrogens is 273 g/mol. The molecule has 8 heteroatoms. The first-order valence-corrected chi connectivity index (χ1v) is 5.18. The van der Waals surface area contributed by atoms with Crippen molar-refractivity contribution in [1.82, 2.24) is 0 Å². The maximum Gasteiger partial charge on any atom is 0.325 e. The SMILES string of the molecule is CCN(CC(=O)OC)c1c(F)c(F)c(F)c(F)c1F. The van der Waals surface area contributed by atoms with Gasteiger partial charge in [0.05, 0.1) is 7.11 Å². The third-order valence-electron chi connectivity index (χ3n) is 2.43. The maximum absolute atomic E-state index is 13.5. The number of hydrogen-bond acceptors (Lipinski definition) is 3. The van der Waals surface area contributed by atoms with Crippen LogP contribution in [0.5, 0.6) is 0 Å². The number of rotatable bonds is 4. The third kappa shape index (κ3) is 2.77. The lowest BCUT2D eigenvalue weighted by atomic mass is 10.2. The zero-order valence-corrected chi connectivity index (χ0v) is 10.1. The molecule has 106 valence electrons. The van der Waals surface area contributed by atoms with Crippen molar-refractivity contribution >= 4 is 11.7 Å². The molecule has 0 amide bonds. The second kappa shape index (κ2) is 5.85. The molecule has 0 saturated carbocycles. The highest BCUT2D eigenvalue weighted by molar-refractivity contribution is 5.75. The van der Waals surface area contributed by atoms with Gasteiger partial charge in [-0.3, -0.25) is 4.79 Å². The lowest BCUT2D eigenvalue weighted by Gasteiger charge is -2.23. The second-order valence-electron chi connectivity index (χ2n) is 3.51. The summed E-state index contributed by atoms with van der Waals surface area (Å²) in [5.41, 5.74) is -1.15. The van der Waals surface area contributed by atoms with Crippen molar-refractivity contribution in [1.29, 1.82) is 0 Å². The van der Waals surface area contributed by atoms with E-state index in [9.17, 15) is 26.7 Å². The van der Waals surface area contributed by atoms with Crippen LogP contribution in [0.15, 0.2) is 0 Å². The van der Waals surface area contributed by atoms with Gasteiger partial charge in [0.2, 0.25) is 5.82 Å². The van der Waals surface area contributed by atoms with E-state index in [0.717, 1.165) is 7.11 Å². The van der Waals surface area contributed by atoms with E-state index in [2.05, 4.69) is 4.74 Å². The fourth-order valence-electron chi connectivity index (χ4n) is 1.44. The Morgan fingerprint density at radius 2 is 1.42 bits per heavy atom. The van der Waals surface area contributed by atoms with E-state index in [1.54, 1.807) is 0 Å². The zero-order valence-electron chi connectivity index (χ0n) is 10.1. The van der Waals surface area contributed by atoms with Gasteiger partial charge in [-0.25, -0.2) is 22.0 Å². The minimum atomic E-state index is -2.24. The third-order valence-corrected chi connectivity index (χ3v) is 2.43. The van der Waals surface area contributed by atoms with Crippen LogP contribution in [-0.4, -0.2) is 26.2 Å². The number of nitrogens with zero attached hydrogens (tertiary/aromatic N) is 1. The summed E-state index contributed by atoms with van der Waals surface area (Å²) in [5.74, 6) is -11.2. The molecule has 1 aromatic carbocycles. The number of benzene rings is 1. The molecule has 1 aromatic rings. The summed E-state index contributed by atoms with van der Waals surface area (Å²) in [6.45, 7) is 0.611. The Morgan fingerprint density at radius 1 is 1.00 bits per heavy atom. The largest absolute Gasteiger partial charge is 0.468 e. The normalized spacial score (nSPS) is 10.5. The summed E-state index contributed by atoms with van der Waals surface area (Å²) in [6.07, 6.45) is 0. The number of esters is 1. The smallest absolute Gasteiger partial charge is 0.325 e. The molecule has 0 radical (unpaired) electrons. The van der Waals surface area contributed by atoms with Crippen molar-refractivity contribution < 1.29 is 31.5 Å². The van der Waals surface area contributed by atoms with Crippen molar-refractivity contribution in [3.8, 4) is 0 Å². The molecule has 0 spiro atoms. The molecule has 1 rings (SSSR count). The average Bonchev–Trinajstić information content (AvgIpc) is 2.41. The second-order valence-corrected chi connectivity index (χ2v) is 3.51. The summed E-state index contributed by atoms with van der Waals surface area (Å²) in [6, 6.07) is 0. The van der Waals surface area contributed by atoms with Crippen molar-refractivity contribution in [2.75, 3.05) is 25.1 Å². The summed E-state index contributed by atoms with van der Waals surface area (Å²) in [4.78, 5) is 11.7. The maximum atomic E-state index is 13.5. The van der Waals surface area contributed by atoms with Crippen LogP contribution in [0, 0.1) is 29.1 Å². The van der Waals surface area contributed by atoms with Crippen LogP contribution in [-0.2, 0) is 9.53 Å². The van der Waals surface area contributed by atoms with Gasteiger partial charge in [-0.15, -0.1) is 0 Å². The number of ether oxygens (including phenoxy) is 1. The number of carbonyl (C=O) groups is 1. The summed E-state index contributed by atoms with van der Waals surface area (Å²) in [7, 11) is 1.04. The monoisotopic (exact) mass is 283 g/mol. The predicted octanol–water partition coefficient (Wildman–Crippen LogP) is 2.38. The minimum Gasteiger partial charge on any atom is -0.468 e. The van der Waals surface area contributed by atoms with Gasteiger partial charge in [-0.2, -0.15) is 0 Å². The minimum absolute atomic E-state index is 0.145. The zero-order chi connectivity index (χ0) is 14.7. The van der Waals surface area contributed by atoms with Gasteiger partial charge in [0, 0.05) is 6.54 Å². The van der Waals surface area contributed by atoms with Crippen LogP contribution < -0.4 is 4.90 Å². The first-order valence-electron chi connectivity index (χ1n) is 5.18. The quantitative estimate of drug-likeness (QED) is 0.368. The predicted molar refractivity (Wildman–Crippen MR) is 56.1 cm³/mol. The number of hydrogen-bond donors (Lipinski definition) is 0. The van der Waals surface area contributed by atoms with E-state index in [1.165, 1.54) is 6.92 Å². The molecule has 0 fully saturated rings. The van der Waals surface area contributed by atoms with Crippen LogP contribution in [0.2, 0.25) is 0 Å². The summed E-state index contributed by atoms with van der Waals surface area (Å²) in [5, 5.41) is 0.